The topological polar surface area (TPSA) is 98.5 Å². The fourth-order valence-corrected chi connectivity index (χ4v) is 4.50. The SMILES string of the molecule is COc1ccc(-c2onc(C)c2C)cc1S(=O)(=O)CCC(=O)Nc1cccc(Cl)c1. The highest BCUT2D eigenvalue weighted by atomic mass is 35.5. The standard InChI is InChI=1S/C21H21ClN2O5S/c1-13-14(2)24-29-21(13)15-7-8-18(28-3)19(11-15)30(26,27)10-9-20(25)23-17-6-4-5-16(22)12-17/h4-8,11-12H,9-10H2,1-3H3,(H,23,25). The van der Waals surface area contributed by atoms with Crippen LogP contribution in [0.25, 0.3) is 11.3 Å². The van der Waals surface area contributed by atoms with E-state index in [1.807, 2.05) is 13.8 Å². The lowest BCUT2D eigenvalue weighted by molar-refractivity contribution is -0.115. The maximum atomic E-state index is 13.0. The van der Waals surface area contributed by atoms with Gasteiger partial charge in [-0.2, -0.15) is 0 Å². The van der Waals surface area contributed by atoms with E-state index in [0.717, 1.165) is 11.3 Å². The van der Waals surface area contributed by atoms with Gasteiger partial charge in [-0.05, 0) is 50.2 Å². The van der Waals surface area contributed by atoms with Crippen molar-refractivity contribution in [3.8, 4) is 17.1 Å². The maximum Gasteiger partial charge on any atom is 0.225 e. The van der Waals surface area contributed by atoms with Crippen molar-refractivity contribution in [2.75, 3.05) is 18.2 Å². The quantitative estimate of drug-likeness (QED) is 0.574. The Labute approximate surface area is 179 Å². The molecule has 1 N–H and O–H groups in total. The molecule has 2 aromatic carbocycles. The molecule has 3 rings (SSSR count). The number of anilines is 1. The molecule has 9 heteroatoms. The number of nitrogens with one attached hydrogen (secondary N) is 1. The molecule has 0 saturated heterocycles. The molecule has 0 aliphatic carbocycles. The molecule has 0 saturated carbocycles. The predicted molar refractivity (Wildman–Crippen MR) is 115 cm³/mol. The number of rotatable bonds is 7. The lowest BCUT2D eigenvalue weighted by Crippen LogP contribution is -2.18. The van der Waals surface area contributed by atoms with Crippen LogP contribution in [0.4, 0.5) is 5.69 Å². The Kier molecular flexibility index (Phi) is 6.48. The summed E-state index contributed by atoms with van der Waals surface area (Å²) in [6, 6.07) is 11.4. The lowest BCUT2D eigenvalue weighted by atomic mass is 10.1. The van der Waals surface area contributed by atoms with Crippen LogP contribution in [0.3, 0.4) is 0 Å². The van der Waals surface area contributed by atoms with Crippen molar-refractivity contribution in [1.29, 1.82) is 0 Å². The molecule has 0 unspecified atom stereocenters. The van der Waals surface area contributed by atoms with Gasteiger partial charge in [0.15, 0.2) is 15.6 Å². The molecule has 0 radical (unpaired) electrons. The van der Waals surface area contributed by atoms with Crippen LogP contribution in [0.5, 0.6) is 5.75 Å². The molecule has 3 aromatic rings. The summed E-state index contributed by atoms with van der Waals surface area (Å²) in [5, 5.41) is 7.03. The van der Waals surface area contributed by atoms with Crippen LogP contribution in [0.2, 0.25) is 5.02 Å². The molecule has 1 aromatic heterocycles. The number of ether oxygens (including phenoxy) is 1. The number of carbonyl (C=O) groups excluding carboxylic acids is 1. The van der Waals surface area contributed by atoms with Gasteiger partial charge in [0.05, 0.1) is 18.6 Å². The number of sulfone groups is 1. The zero-order valence-electron chi connectivity index (χ0n) is 16.7. The average molecular weight is 449 g/mol. The van der Waals surface area contributed by atoms with Gasteiger partial charge in [-0.3, -0.25) is 4.79 Å². The van der Waals surface area contributed by atoms with Crippen molar-refractivity contribution in [2.24, 2.45) is 0 Å². The van der Waals surface area contributed by atoms with Crippen molar-refractivity contribution in [3.63, 3.8) is 0 Å². The molecular formula is C21H21ClN2O5S. The first kappa shape index (κ1) is 21.9. The van der Waals surface area contributed by atoms with E-state index in [1.54, 1.807) is 36.4 Å². The number of carbonyl (C=O) groups is 1. The Balaban J connectivity index is 1.81. The number of benzene rings is 2. The second-order valence-electron chi connectivity index (χ2n) is 6.72. The first-order valence-electron chi connectivity index (χ1n) is 9.10. The third-order valence-electron chi connectivity index (χ3n) is 4.62. The molecule has 0 fully saturated rings. The third kappa shape index (κ3) is 4.83. The predicted octanol–water partition coefficient (Wildman–Crippen LogP) is 4.42. The monoisotopic (exact) mass is 448 g/mol. The van der Waals surface area contributed by atoms with E-state index >= 15 is 0 Å². The zero-order chi connectivity index (χ0) is 21.9. The van der Waals surface area contributed by atoms with Gasteiger partial charge in [0.1, 0.15) is 10.6 Å². The van der Waals surface area contributed by atoms with Crippen molar-refractivity contribution in [3.05, 3.63) is 58.7 Å². The van der Waals surface area contributed by atoms with Gasteiger partial charge >= 0.3 is 0 Å². The Morgan fingerprint density at radius 3 is 2.60 bits per heavy atom. The fraction of sp³-hybridized carbons (Fsp3) is 0.238. The van der Waals surface area contributed by atoms with Crippen molar-refractivity contribution < 1.29 is 22.5 Å². The molecular weight excluding hydrogens is 428 g/mol. The van der Waals surface area contributed by atoms with Crippen LogP contribution in [0.15, 0.2) is 51.9 Å². The van der Waals surface area contributed by atoms with Crippen LogP contribution in [0.1, 0.15) is 17.7 Å². The second-order valence-corrected chi connectivity index (χ2v) is 9.23. The minimum absolute atomic E-state index is 0.00786. The van der Waals surface area contributed by atoms with Gasteiger partial charge in [0.2, 0.25) is 5.91 Å². The molecule has 1 amide bonds. The number of aryl methyl sites for hydroxylation is 1. The van der Waals surface area contributed by atoms with Gasteiger partial charge in [-0.1, -0.05) is 22.8 Å². The van der Waals surface area contributed by atoms with E-state index in [-0.39, 0.29) is 22.8 Å². The maximum absolute atomic E-state index is 13.0. The minimum atomic E-state index is -3.81. The number of aromatic nitrogens is 1. The molecule has 0 spiro atoms. The summed E-state index contributed by atoms with van der Waals surface area (Å²) in [7, 11) is -2.42. The largest absolute Gasteiger partial charge is 0.495 e. The number of amides is 1. The Morgan fingerprint density at radius 2 is 1.97 bits per heavy atom. The number of hydrogen-bond donors (Lipinski definition) is 1. The lowest BCUT2D eigenvalue weighted by Gasteiger charge is -2.11. The van der Waals surface area contributed by atoms with E-state index in [4.69, 9.17) is 20.9 Å². The molecule has 0 bridgehead atoms. The molecule has 0 aliphatic rings. The first-order chi connectivity index (χ1) is 14.2. The highest BCUT2D eigenvalue weighted by molar-refractivity contribution is 7.91. The number of nitrogens with zero attached hydrogens (tertiary/aromatic N) is 1. The van der Waals surface area contributed by atoms with Gasteiger partial charge in [0, 0.05) is 28.3 Å². The van der Waals surface area contributed by atoms with Crippen molar-refractivity contribution >= 4 is 33.0 Å². The Hall–Kier alpha value is -2.84. The Morgan fingerprint density at radius 1 is 1.20 bits per heavy atom. The zero-order valence-corrected chi connectivity index (χ0v) is 18.3. The smallest absolute Gasteiger partial charge is 0.225 e. The highest BCUT2D eigenvalue weighted by Crippen LogP contribution is 2.33. The van der Waals surface area contributed by atoms with Gasteiger partial charge in [-0.15, -0.1) is 0 Å². The normalized spacial score (nSPS) is 11.3. The summed E-state index contributed by atoms with van der Waals surface area (Å²) in [5.74, 6) is -0.126. The number of methoxy groups -OCH3 is 1. The van der Waals surface area contributed by atoms with Gasteiger partial charge in [-0.25, -0.2) is 8.42 Å². The van der Waals surface area contributed by atoms with Crippen molar-refractivity contribution in [2.45, 2.75) is 25.2 Å². The third-order valence-corrected chi connectivity index (χ3v) is 6.59. The summed E-state index contributed by atoms with van der Waals surface area (Å²) in [4.78, 5) is 12.2. The van der Waals surface area contributed by atoms with Crippen LogP contribution in [-0.2, 0) is 14.6 Å². The number of halogens is 1. The average Bonchev–Trinajstić information content (AvgIpc) is 3.04. The summed E-state index contributed by atoms with van der Waals surface area (Å²) in [6.07, 6.45) is -0.220. The first-order valence-corrected chi connectivity index (χ1v) is 11.1. The summed E-state index contributed by atoms with van der Waals surface area (Å²) >= 11 is 5.90. The fourth-order valence-electron chi connectivity index (χ4n) is 2.87. The molecule has 1 heterocycles. The summed E-state index contributed by atoms with van der Waals surface area (Å²) < 4.78 is 36.5. The van der Waals surface area contributed by atoms with Crippen LogP contribution < -0.4 is 10.1 Å². The van der Waals surface area contributed by atoms with Gasteiger partial charge in [0.25, 0.3) is 0 Å². The Bertz CT molecular complexity index is 1190. The van der Waals surface area contributed by atoms with Crippen molar-refractivity contribution in [1.82, 2.24) is 5.16 Å². The van der Waals surface area contributed by atoms with E-state index in [2.05, 4.69) is 10.5 Å². The molecule has 30 heavy (non-hydrogen) atoms. The van der Waals surface area contributed by atoms with Crippen LogP contribution >= 0.6 is 11.6 Å². The molecule has 7 nitrogen and oxygen atoms in total. The summed E-state index contributed by atoms with van der Waals surface area (Å²) in [5.41, 5.74) is 2.61. The highest BCUT2D eigenvalue weighted by Gasteiger charge is 2.23. The number of hydrogen-bond acceptors (Lipinski definition) is 6. The molecule has 158 valence electrons. The molecule has 0 aliphatic heterocycles. The van der Waals surface area contributed by atoms with Crippen LogP contribution in [-0.4, -0.2) is 32.3 Å². The second kappa shape index (κ2) is 8.89. The van der Waals surface area contributed by atoms with Crippen LogP contribution in [0, 0.1) is 13.8 Å². The minimum Gasteiger partial charge on any atom is -0.495 e. The van der Waals surface area contributed by atoms with E-state index in [9.17, 15) is 13.2 Å². The van der Waals surface area contributed by atoms with E-state index < -0.39 is 15.7 Å². The summed E-state index contributed by atoms with van der Waals surface area (Å²) in [6.45, 7) is 3.65. The molecule has 0 atom stereocenters. The van der Waals surface area contributed by atoms with E-state index in [0.29, 0.717) is 22.0 Å². The van der Waals surface area contributed by atoms with Gasteiger partial charge < -0.3 is 14.6 Å². The van der Waals surface area contributed by atoms with E-state index in [1.165, 1.54) is 13.2 Å².